The molecule has 0 spiro atoms. The zero-order valence-corrected chi connectivity index (χ0v) is 8.77. The van der Waals surface area contributed by atoms with Gasteiger partial charge in [0.15, 0.2) is 0 Å². The molecule has 0 aromatic carbocycles. The number of hydrogen-bond acceptors (Lipinski definition) is 2. The highest BCUT2D eigenvalue weighted by molar-refractivity contribution is 5.96. The van der Waals surface area contributed by atoms with Crippen molar-refractivity contribution in [3.05, 3.63) is 12.2 Å². The van der Waals surface area contributed by atoms with Gasteiger partial charge in [0.1, 0.15) is 0 Å². The lowest BCUT2D eigenvalue weighted by Gasteiger charge is -2.21. The van der Waals surface area contributed by atoms with E-state index < -0.39 is 0 Å². The quantitative estimate of drug-likeness (QED) is 0.524. The Hall–Kier alpha value is -0.790. The number of hydrazone groups is 1. The summed E-state index contributed by atoms with van der Waals surface area (Å²) in [4.78, 5) is 0. The molecule has 0 atom stereocenters. The van der Waals surface area contributed by atoms with Gasteiger partial charge in [-0.1, -0.05) is 25.8 Å². The molecule has 0 heterocycles. The van der Waals surface area contributed by atoms with E-state index in [1.807, 2.05) is 13.8 Å². The molecule has 2 nitrogen and oxygen atoms in total. The monoisotopic (exact) mass is 180 g/mol. The van der Waals surface area contributed by atoms with E-state index in [-0.39, 0.29) is 0 Å². The first-order valence-electron chi connectivity index (χ1n) is 5.16. The first kappa shape index (κ1) is 10.3. The van der Waals surface area contributed by atoms with Gasteiger partial charge in [-0.15, -0.1) is 0 Å². The molecule has 1 aliphatic rings. The first-order valence-corrected chi connectivity index (χ1v) is 5.16. The molecular formula is C11H20N2. The summed E-state index contributed by atoms with van der Waals surface area (Å²) in [6.07, 6.45) is 6.62. The minimum absolute atomic E-state index is 0.600. The van der Waals surface area contributed by atoms with Crippen LogP contribution in [0, 0.1) is 0 Å². The molecule has 13 heavy (non-hydrogen) atoms. The van der Waals surface area contributed by atoms with Gasteiger partial charge in [0, 0.05) is 6.04 Å². The van der Waals surface area contributed by atoms with Gasteiger partial charge in [-0.05, 0) is 32.3 Å². The normalized spacial score (nSPS) is 20.0. The van der Waals surface area contributed by atoms with Crippen LogP contribution in [0.1, 0.15) is 46.0 Å². The van der Waals surface area contributed by atoms with Gasteiger partial charge in [-0.25, -0.2) is 0 Å². The average molecular weight is 180 g/mol. The number of nitrogens with one attached hydrogen (secondary N) is 1. The molecule has 0 amide bonds. The Morgan fingerprint density at radius 3 is 2.38 bits per heavy atom. The van der Waals surface area contributed by atoms with Crippen molar-refractivity contribution in [2.75, 3.05) is 0 Å². The highest BCUT2D eigenvalue weighted by Crippen LogP contribution is 2.17. The third-order valence-electron chi connectivity index (χ3n) is 2.64. The highest BCUT2D eigenvalue weighted by atomic mass is 15.3. The second-order valence-electron chi connectivity index (χ2n) is 3.94. The number of hydrogen-bond donors (Lipinski definition) is 1. The van der Waals surface area contributed by atoms with E-state index in [1.54, 1.807) is 0 Å². The van der Waals surface area contributed by atoms with E-state index in [0.29, 0.717) is 6.04 Å². The number of allylic oxidation sites excluding steroid dienone is 1. The molecule has 1 saturated carbocycles. The van der Waals surface area contributed by atoms with Gasteiger partial charge in [0.25, 0.3) is 0 Å². The number of nitrogens with zero attached hydrogens (tertiary/aromatic N) is 1. The van der Waals surface area contributed by atoms with Crippen LogP contribution in [0.2, 0.25) is 0 Å². The lowest BCUT2D eigenvalue weighted by atomic mass is 9.96. The predicted molar refractivity (Wildman–Crippen MR) is 57.9 cm³/mol. The molecule has 1 fully saturated rings. The van der Waals surface area contributed by atoms with Crippen molar-refractivity contribution < 1.29 is 0 Å². The second-order valence-corrected chi connectivity index (χ2v) is 3.94. The van der Waals surface area contributed by atoms with Crippen molar-refractivity contribution in [2.24, 2.45) is 5.10 Å². The zero-order valence-electron chi connectivity index (χ0n) is 8.77. The fourth-order valence-electron chi connectivity index (χ4n) is 1.52. The molecular weight excluding hydrogens is 160 g/mol. The van der Waals surface area contributed by atoms with Crippen LogP contribution >= 0.6 is 0 Å². The largest absolute Gasteiger partial charge is 0.307 e. The molecule has 2 heteroatoms. The summed E-state index contributed by atoms with van der Waals surface area (Å²) in [5.41, 5.74) is 5.29. The second kappa shape index (κ2) is 5.05. The zero-order chi connectivity index (χ0) is 9.68. The van der Waals surface area contributed by atoms with Crippen molar-refractivity contribution in [3.63, 3.8) is 0 Å². The summed E-state index contributed by atoms with van der Waals surface area (Å²) in [6.45, 7) is 7.83. The van der Waals surface area contributed by atoms with Crippen LogP contribution in [0.3, 0.4) is 0 Å². The summed E-state index contributed by atoms with van der Waals surface area (Å²) < 4.78 is 0. The van der Waals surface area contributed by atoms with Gasteiger partial charge < -0.3 is 5.43 Å². The highest BCUT2D eigenvalue weighted by Gasteiger charge is 2.11. The van der Waals surface area contributed by atoms with Gasteiger partial charge in [0.05, 0.1) is 5.71 Å². The Morgan fingerprint density at radius 1 is 1.23 bits per heavy atom. The molecule has 0 saturated heterocycles. The van der Waals surface area contributed by atoms with Crippen LogP contribution in [-0.2, 0) is 0 Å². The van der Waals surface area contributed by atoms with Crippen LogP contribution in [0.15, 0.2) is 17.3 Å². The van der Waals surface area contributed by atoms with Gasteiger partial charge >= 0.3 is 0 Å². The molecule has 0 aliphatic heterocycles. The van der Waals surface area contributed by atoms with Crippen LogP contribution < -0.4 is 5.43 Å². The summed E-state index contributed by atoms with van der Waals surface area (Å²) in [5.74, 6) is 0. The van der Waals surface area contributed by atoms with E-state index >= 15 is 0 Å². The molecule has 74 valence electrons. The van der Waals surface area contributed by atoms with E-state index in [9.17, 15) is 0 Å². The van der Waals surface area contributed by atoms with Crippen LogP contribution in [-0.4, -0.2) is 11.8 Å². The summed E-state index contributed by atoms with van der Waals surface area (Å²) in [6, 6.07) is 0.600. The fourth-order valence-corrected chi connectivity index (χ4v) is 1.52. The molecule has 0 unspecified atom stereocenters. The fraction of sp³-hybridized carbons (Fsp3) is 0.727. The Balaban J connectivity index is 2.31. The van der Waals surface area contributed by atoms with Crippen molar-refractivity contribution in [3.8, 4) is 0 Å². The Labute approximate surface area is 81.1 Å². The summed E-state index contributed by atoms with van der Waals surface area (Å²) >= 11 is 0. The molecule has 0 bridgehead atoms. The Kier molecular flexibility index (Phi) is 4.00. The maximum Gasteiger partial charge on any atom is 0.0595 e. The van der Waals surface area contributed by atoms with Gasteiger partial charge in [0.2, 0.25) is 0 Å². The molecule has 0 aromatic heterocycles. The third kappa shape index (κ3) is 3.62. The summed E-state index contributed by atoms with van der Waals surface area (Å²) in [7, 11) is 0. The molecule has 0 radical (unpaired) electrons. The number of rotatable bonds is 3. The standard InChI is InChI=1S/C11H20N2/c1-9(2)10(3)12-13-11-7-5-4-6-8-11/h11,13H,1,4-8H2,2-3H3. The maximum atomic E-state index is 4.31. The van der Waals surface area contributed by atoms with Crippen LogP contribution in [0.5, 0.6) is 0 Å². The van der Waals surface area contributed by atoms with E-state index in [2.05, 4.69) is 17.1 Å². The minimum Gasteiger partial charge on any atom is -0.307 e. The van der Waals surface area contributed by atoms with E-state index in [1.165, 1.54) is 32.1 Å². The average Bonchev–Trinajstić information content (AvgIpc) is 2.15. The Morgan fingerprint density at radius 2 is 1.85 bits per heavy atom. The van der Waals surface area contributed by atoms with Gasteiger partial charge in [-0.2, -0.15) is 5.10 Å². The third-order valence-corrected chi connectivity index (χ3v) is 2.64. The predicted octanol–water partition coefficient (Wildman–Crippen LogP) is 2.86. The molecule has 1 N–H and O–H groups in total. The molecule has 0 aromatic rings. The molecule has 1 rings (SSSR count). The minimum atomic E-state index is 0.600. The maximum absolute atomic E-state index is 4.31. The molecule has 1 aliphatic carbocycles. The Bertz CT molecular complexity index is 200. The van der Waals surface area contributed by atoms with Crippen molar-refractivity contribution in [1.29, 1.82) is 0 Å². The smallest absolute Gasteiger partial charge is 0.0595 e. The SMILES string of the molecule is C=C(C)C(C)=NNC1CCCCC1. The lowest BCUT2D eigenvalue weighted by molar-refractivity contribution is 0.380. The van der Waals surface area contributed by atoms with Crippen LogP contribution in [0.4, 0.5) is 0 Å². The van der Waals surface area contributed by atoms with Gasteiger partial charge in [-0.3, -0.25) is 0 Å². The van der Waals surface area contributed by atoms with Crippen molar-refractivity contribution in [2.45, 2.75) is 52.0 Å². The summed E-state index contributed by atoms with van der Waals surface area (Å²) in [5, 5.41) is 4.31. The van der Waals surface area contributed by atoms with Crippen LogP contribution in [0.25, 0.3) is 0 Å². The lowest BCUT2D eigenvalue weighted by Crippen LogP contribution is -2.27. The van der Waals surface area contributed by atoms with E-state index in [0.717, 1.165) is 11.3 Å². The first-order chi connectivity index (χ1) is 6.20. The van der Waals surface area contributed by atoms with E-state index in [4.69, 9.17) is 0 Å². The van der Waals surface area contributed by atoms with Crippen molar-refractivity contribution in [1.82, 2.24) is 5.43 Å². The van der Waals surface area contributed by atoms with Crippen molar-refractivity contribution >= 4 is 5.71 Å². The topological polar surface area (TPSA) is 24.4 Å².